The molecule has 0 unspecified atom stereocenters. The number of carbonyl (C=O) groups excluding carboxylic acids is 1. The second-order valence-corrected chi connectivity index (χ2v) is 10.9. The molecule has 5 aromatic rings. The summed E-state index contributed by atoms with van der Waals surface area (Å²) in [5, 5.41) is 6.42. The van der Waals surface area contributed by atoms with Gasteiger partial charge in [-0.05, 0) is 42.0 Å². The molecule has 0 atom stereocenters. The summed E-state index contributed by atoms with van der Waals surface area (Å²) in [5.41, 5.74) is 1.29. The Morgan fingerprint density at radius 2 is 1.50 bits per heavy atom. The maximum atomic E-state index is 13.3. The van der Waals surface area contributed by atoms with Crippen LogP contribution in [-0.2, 0) is 10.0 Å². The molecule has 2 aromatic heterocycles. The van der Waals surface area contributed by atoms with Crippen LogP contribution in [0.15, 0.2) is 109 Å². The number of ether oxygens (including phenoxy) is 3. The molecule has 0 aliphatic rings. The summed E-state index contributed by atoms with van der Waals surface area (Å²) in [6.07, 6.45) is 4.43. The van der Waals surface area contributed by atoms with Gasteiger partial charge < -0.3 is 24.8 Å². The van der Waals surface area contributed by atoms with Gasteiger partial charge in [-0.1, -0.05) is 60.7 Å². The molecule has 0 radical (unpaired) electrons. The fourth-order valence-corrected chi connectivity index (χ4v) is 4.74. The van der Waals surface area contributed by atoms with Crippen molar-refractivity contribution in [2.75, 3.05) is 30.3 Å². The van der Waals surface area contributed by atoms with Gasteiger partial charge in [0.1, 0.15) is 6.61 Å². The van der Waals surface area contributed by atoms with Crippen LogP contribution in [0.5, 0.6) is 23.1 Å². The van der Waals surface area contributed by atoms with Crippen LogP contribution < -0.4 is 29.6 Å². The molecular weight excluding hydrogens is 610 g/mol. The maximum Gasteiger partial charge on any atom is 0.319 e. The number of anilines is 2. The molecule has 0 spiro atoms. The molecule has 0 fully saturated rings. The second-order valence-electron chi connectivity index (χ2n) is 9.31. The molecule has 0 aliphatic carbocycles. The highest BCUT2D eigenvalue weighted by molar-refractivity contribution is 7.95. The number of amides is 2. The number of benzene rings is 3. The van der Waals surface area contributed by atoms with E-state index in [-0.39, 0.29) is 48.0 Å². The number of nitrogens with zero attached hydrogens (tertiary/aromatic N) is 4. The third-order valence-electron chi connectivity index (χ3n) is 6.02. The van der Waals surface area contributed by atoms with Crippen molar-refractivity contribution < 1.29 is 27.4 Å². The molecule has 13 nitrogen and oxygen atoms in total. The lowest BCUT2D eigenvalue weighted by molar-refractivity contribution is 0.245. The molecule has 234 valence electrons. The largest absolute Gasteiger partial charge is 0.493 e. The predicted octanol–water partition coefficient (Wildman–Crippen LogP) is 5.35. The molecule has 3 aromatic carbocycles. The predicted molar refractivity (Wildman–Crippen MR) is 173 cm³/mol. The average Bonchev–Trinajstić information content (AvgIpc) is 3.08. The van der Waals surface area contributed by atoms with E-state index in [2.05, 4.69) is 35.3 Å². The molecule has 0 saturated heterocycles. The van der Waals surface area contributed by atoms with E-state index in [0.717, 1.165) is 5.41 Å². The number of urea groups is 1. The van der Waals surface area contributed by atoms with Crippen LogP contribution in [-0.4, -0.2) is 54.6 Å². The summed E-state index contributed by atoms with van der Waals surface area (Å²) < 4.78 is 46.6. The third-order valence-corrected chi connectivity index (χ3v) is 6.99. The number of nitrogens with one attached hydrogen (secondary N) is 3. The van der Waals surface area contributed by atoms with E-state index in [4.69, 9.17) is 14.2 Å². The van der Waals surface area contributed by atoms with Crippen molar-refractivity contribution in [2.45, 2.75) is 0 Å². The highest BCUT2D eigenvalue weighted by Crippen LogP contribution is 2.41. The summed E-state index contributed by atoms with van der Waals surface area (Å²) in [7, 11) is -2.67. The minimum absolute atomic E-state index is 0.0394. The number of carbonyl (C=O) groups is 1. The van der Waals surface area contributed by atoms with E-state index < -0.39 is 16.1 Å². The third kappa shape index (κ3) is 8.76. The Morgan fingerprint density at radius 3 is 2.22 bits per heavy atom. The van der Waals surface area contributed by atoms with Crippen molar-refractivity contribution in [2.24, 2.45) is 0 Å². The number of hydrogen-bond donors (Lipinski definition) is 3. The number of sulfonamides is 1. The molecule has 5 rings (SSSR count). The number of para-hydroxylation sites is 3. The van der Waals surface area contributed by atoms with Gasteiger partial charge in [-0.15, -0.1) is 0 Å². The fraction of sp³-hybridized carbons (Fsp3) is 0.0938. The lowest BCUT2D eigenvalue weighted by Gasteiger charge is -2.17. The maximum absolute atomic E-state index is 13.3. The van der Waals surface area contributed by atoms with E-state index >= 15 is 0 Å². The SMILES string of the molecule is COc1ccccc1Oc1c(NS(=O)(=O)C=Cc2ccccc2)nc(-c2ncccn2)nc1OCCNC(=O)Nc1ccccc1. The summed E-state index contributed by atoms with van der Waals surface area (Å²) in [4.78, 5) is 29.6. The van der Waals surface area contributed by atoms with E-state index in [9.17, 15) is 13.2 Å². The van der Waals surface area contributed by atoms with Crippen LogP contribution in [0, 0.1) is 0 Å². The zero-order chi connectivity index (χ0) is 32.2. The first-order chi connectivity index (χ1) is 22.4. The van der Waals surface area contributed by atoms with Gasteiger partial charge >= 0.3 is 6.03 Å². The lowest BCUT2D eigenvalue weighted by atomic mass is 10.2. The van der Waals surface area contributed by atoms with Crippen LogP contribution >= 0.6 is 0 Å². The molecule has 0 saturated carbocycles. The van der Waals surface area contributed by atoms with Gasteiger partial charge in [0.15, 0.2) is 23.1 Å². The summed E-state index contributed by atoms with van der Waals surface area (Å²) in [5.74, 6) is 0.127. The van der Waals surface area contributed by atoms with Crippen molar-refractivity contribution in [3.63, 3.8) is 0 Å². The Bertz CT molecular complexity index is 1900. The molecule has 46 heavy (non-hydrogen) atoms. The summed E-state index contributed by atoms with van der Waals surface area (Å²) in [6, 6.07) is 25.8. The number of rotatable bonds is 13. The zero-order valence-corrected chi connectivity index (χ0v) is 25.3. The number of hydrogen-bond acceptors (Lipinski definition) is 10. The Morgan fingerprint density at radius 1 is 0.826 bits per heavy atom. The van der Waals surface area contributed by atoms with Gasteiger partial charge in [0.2, 0.25) is 11.6 Å². The van der Waals surface area contributed by atoms with Crippen molar-refractivity contribution in [1.29, 1.82) is 0 Å². The Kier molecular flexibility index (Phi) is 10.3. The normalized spacial score (nSPS) is 11.1. The van der Waals surface area contributed by atoms with Gasteiger partial charge in [0.05, 0.1) is 19.1 Å². The number of methoxy groups -OCH3 is 1. The minimum atomic E-state index is -4.14. The smallest absolute Gasteiger partial charge is 0.319 e. The average molecular weight is 640 g/mol. The molecule has 2 amide bonds. The Hall–Kier alpha value is -6.02. The van der Waals surface area contributed by atoms with E-state index in [0.29, 0.717) is 17.0 Å². The highest BCUT2D eigenvalue weighted by Gasteiger charge is 2.24. The van der Waals surface area contributed by atoms with E-state index in [1.165, 1.54) is 25.6 Å². The van der Waals surface area contributed by atoms with Gasteiger partial charge in [0.25, 0.3) is 15.9 Å². The van der Waals surface area contributed by atoms with Gasteiger partial charge in [0, 0.05) is 18.1 Å². The topological polar surface area (TPSA) is 167 Å². The molecular formula is C32H29N7O6S. The standard InChI is InChI=1S/C32H29N7O6S/c1-43-25-15-8-9-16-26(25)45-27-28(39-46(41,42)22-17-23-11-4-2-5-12-23)37-30(29-33-18-10-19-34-29)38-31(27)44-21-20-35-32(40)36-24-13-6-3-7-14-24/h2-19,22H,20-21H2,1H3,(H2,35,36,40)(H,37,38,39). The van der Waals surface area contributed by atoms with Crippen LogP contribution in [0.25, 0.3) is 17.7 Å². The quantitative estimate of drug-likeness (QED) is 0.143. The van der Waals surface area contributed by atoms with Crippen molar-refractivity contribution in [3.05, 3.63) is 114 Å². The summed E-state index contributed by atoms with van der Waals surface area (Å²) >= 11 is 0. The van der Waals surface area contributed by atoms with Crippen LogP contribution in [0.1, 0.15) is 5.56 Å². The van der Waals surface area contributed by atoms with Gasteiger partial charge in [-0.3, -0.25) is 4.72 Å². The second kappa shape index (κ2) is 15.1. The first kappa shape index (κ1) is 31.4. The van der Waals surface area contributed by atoms with Crippen LogP contribution in [0.4, 0.5) is 16.3 Å². The van der Waals surface area contributed by atoms with E-state index in [1.807, 2.05) is 12.1 Å². The molecule has 14 heteroatoms. The molecule has 3 N–H and O–H groups in total. The number of aromatic nitrogens is 4. The molecule has 0 bridgehead atoms. The van der Waals surface area contributed by atoms with E-state index in [1.54, 1.807) is 78.9 Å². The fourth-order valence-electron chi connectivity index (χ4n) is 3.93. The van der Waals surface area contributed by atoms with Gasteiger partial charge in [-0.25, -0.2) is 28.2 Å². The van der Waals surface area contributed by atoms with Crippen molar-refractivity contribution >= 4 is 33.6 Å². The molecule has 2 heterocycles. The Balaban J connectivity index is 1.47. The van der Waals surface area contributed by atoms with Crippen LogP contribution in [0.3, 0.4) is 0 Å². The van der Waals surface area contributed by atoms with Gasteiger partial charge in [-0.2, -0.15) is 4.98 Å². The first-order valence-electron chi connectivity index (χ1n) is 13.9. The van der Waals surface area contributed by atoms with Crippen molar-refractivity contribution in [3.8, 4) is 34.8 Å². The van der Waals surface area contributed by atoms with Crippen molar-refractivity contribution in [1.82, 2.24) is 25.3 Å². The highest BCUT2D eigenvalue weighted by atomic mass is 32.2. The summed E-state index contributed by atoms with van der Waals surface area (Å²) in [6.45, 7) is -0.00843. The van der Waals surface area contributed by atoms with Crippen LogP contribution in [0.2, 0.25) is 0 Å². The zero-order valence-electron chi connectivity index (χ0n) is 24.5. The molecule has 0 aliphatic heterocycles. The first-order valence-corrected chi connectivity index (χ1v) is 15.4. The lowest BCUT2D eigenvalue weighted by Crippen LogP contribution is -2.32. The Labute approximate surface area is 265 Å². The monoisotopic (exact) mass is 639 g/mol. The minimum Gasteiger partial charge on any atom is -0.493 e.